The Balaban J connectivity index is 2.42. The van der Waals surface area contributed by atoms with Crippen molar-refractivity contribution in [2.45, 2.75) is 12.6 Å². The van der Waals surface area contributed by atoms with Crippen LogP contribution in [0.15, 0.2) is 0 Å². The number of halogens is 3. The fourth-order valence-electron chi connectivity index (χ4n) is 0.741. The molecule has 0 radical (unpaired) electrons. The third kappa shape index (κ3) is 1.23. The lowest BCUT2D eigenvalue weighted by atomic mass is 10.3. The summed E-state index contributed by atoms with van der Waals surface area (Å²) < 4.78 is 34.6. The van der Waals surface area contributed by atoms with Gasteiger partial charge in [-0.05, 0) is 6.42 Å². The van der Waals surface area contributed by atoms with E-state index in [1.54, 1.807) is 0 Å². The monoisotopic (exact) mass is 138 g/mol. The van der Waals surface area contributed by atoms with Crippen LogP contribution in [0.1, 0.15) is 6.42 Å². The Hall–Kier alpha value is -0.540. The van der Waals surface area contributed by atoms with Crippen molar-refractivity contribution in [3.8, 4) is 0 Å². The number of hydrogen-bond acceptors (Lipinski definition) is 1. The van der Waals surface area contributed by atoms with Crippen LogP contribution in [-0.2, 0) is 4.79 Å². The third-order valence-corrected chi connectivity index (χ3v) is 1.44. The van der Waals surface area contributed by atoms with Gasteiger partial charge in [0.05, 0.1) is 5.92 Å². The van der Waals surface area contributed by atoms with Gasteiger partial charge in [0.25, 0.3) is 0 Å². The Labute approximate surface area is 49.9 Å². The summed E-state index contributed by atoms with van der Waals surface area (Å²) >= 11 is 0. The van der Waals surface area contributed by atoms with E-state index in [0.29, 0.717) is 6.29 Å². The molecule has 0 aliphatic heterocycles. The summed E-state index contributed by atoms with van der Waals surface area (Å²) in [5, 5.41) is 0. The molecular formula is C5H5F3O. The van der Waals surface area contributed by atoms with Crippen molar-refractivity contribution >= 4 is 6.29 Å². The molecule has 1 aliphatic rings. The zero-order valence-corrected chi connectivity index (χ0v) is 4.48. The fraction of sp³-hybridized carbons (Fsp3) is 0.800. The normalized spacial score (nSPS) is 34.1. The SMILES string of the molecule is O=CC1CC1C(F)(F)F. The first kappa shape index (κ1) is 6.58. The molecule has 0 amide bonds. The molecule has 4 heteroatoms. The van der Waals surface area contributed by atoms with Crippen LogP contribution in [0.4, 0.5) is 13.2 Å². The molecule has 1 aliphatic carbocycles. The smallest absolute Gasteiger partial charge is 0.303 e. The first-order chi connectivity index (χ1) is 4.05. The van der Waals surface area contributed by atoms with Gasteiger partial charge < -0.3 is 4.79 Å². The molecule has 9 heavy (non-hydrogen) atoms. The quantitative estimate of drug-likeness (QED) is 0.500. The second-order valence-corrected chi connectivity index (χ2v) is 2.18. The van der Waals surface area contributed by atoms with Crippen molar-refractivity contribution in [2.24, 2.45) is 11.8 Å². The van der Waals surface area contributed by atoms with Crippen LogP contribution in [0.25, 0.3) is 0 Å². The van der Waals surface area contributed by atoms with Gasteiger partial charge in [-0.2, -0.15) is 13.2 Å². The minimum absolute atomic E-state index is 0.00694. The number of hydrogen-bond donors (Lipinski definition) is 0. The van der Waals surface area contributed by atoms with E-state index in [9.17, 15) is 18.0 Å². The second-order valence-electron chi connectivity index (χ2n) is 2.18. The van der Waals surface area contributed by atoms with Crippen LogP contribution in [0, 0.1) is 11.8 Å². The molecule has 0 spiro atoms. The number of carbonyl (C=O) groups is 1. The number of alkyl halides is 3. The lowest BCUT2D eigenvalue weighted by Gasteiger charge is -2.00. The van der Waals surface area contributed by atoms with E-state index >= 15 is 0 Å². The van der Waals surface area contributed by atoms with E-state index in [2.05, 4.69) is 0 Å². The summed E-state index contributed by atoms with van der Waals surface area (Å²) in [5.74, 6) is -2.08. The van der Waals surface area contributed by atoms with Gasteiger partial charge in [-0.25, -0.2) is 0 Å². The summed E-state index contributed by atoms with van der Waals surface area (Å²) in [6.07, 6.45) is -3.78. The molecule has 0 saturated heterocycles. The van der Waals surface area contributed by atoms with E-state index in [1.807, 2.05) is 0 Å². The highest BCUT2D eigenvalue weighted by atomic mass is 19.4. The van der Waals surface area contributed by atoms with Crippen LogP contribution < -0.4 is 0 Å². The summed E-state index contributed by atoms with van der Waals surface area (Å²) in [5.41, 5.74) is 0. The predicted molar refractivity (Wildman–Crippen MR) is 23.7 cm³/mol. The topological polar surface area (TPSA) is 17.1 Å². The van der Waals surface area contributed by atoms with Crippen molar-refractivity contribution < 1.29 is 18.0 Å². The third-order valence-electron chi connectivity index (χ3n) is 1.44. The summed E-state index contributed by atoms with van der Waals surface area (Å²) in [7, 11) is 0. The van der Waals surface area contributed by atoms with E-state index < -0.39 is 18.0 Å². The van der Waals surface area contributed by atoms with Gasteiger partial charge in [0.2, 0.25) is 0 Å². The highest BCUT2D eigenvalue weighted by Crippen LogP contribution is 2.48. The fourth-order valence-corrected chi connectivity index (χ4v) is 0.741. The number of aldehydes is 1. The molecule has 1 saturated carbocycles. The molecular weight excluding hydrogens is 133 g/mol. The van der Waals surface area contributed by atoms with E-state index in [-0.39, 0.29) is 6.42 Å². The molecule has 52 valence electrons. The minimum atomic E-state index is -4.15. The van der Waals surface area contributed by atoms with E-state index in [4.69, 9.17) is 0 Å². The Bertz CT molecular complexity index is 129. The maximum atomic E-state index is 11.5. The lowest BCUT2D eigenvalue weighted by molar-refractivity contribution is -0.152. The number of rotatable bonds is 1. The molecule has 0 aromatic carbocycles. The first-order valence-electron chi connectivity index (χ1n) is 2.57. The molecule has 2 atom stereocenters. The van der Waals surface area contributed by atoms with Gasteiger partial charge in [0.15, 0.2) is 0 Å². The molecule has 0 aromatic rings. The standard InChI is InChI=1S/C5H5F3O/c6-5(7,8)4-1-3(4)2-9/h2-4H,1H2. The molecule has 0 bridgehead atoms. The van der Waals surface area contributed by atoms with Gasteiger partial charge in [-0.15, -0.1) is 0 Å². The Morgan fingerprint density at radius 1 is 1.44 bits per heavy atom. The maximum Gasteiger partial charge on any atom is 0.392 e. The van der Waals surface area contributed by atoms with Crippen LogP contribution in [0.5, 0.6) is 0 Å². The summed E-state index contributed by atoms with van der Waals surface area (Å²) in [6, 6.07) is 0. The maximum absolute atomic E-state index is 11.5. The molecule has 1 fully saturated rings. The average Bonchev–Trinajstić information content (AvgIpc) is 2.39. The molecule has 0 heterocycles. The van der Waals surface area contributed by atoms with Gasteiger partial charge in [-0.1, -0.05) is 0 Å². The largest absolute Gasteiger partial charge is 0.392 e. The van der Waals surface area contributed by atoms with Crippen molar-refractivity contribution in [2.75, 3.05) is 0 Å². The van der Waals surface area contributed by atoms with Gasteiger partial charge in [-0.3, -0.25) is 0 Å². The molecule has 2 unspecified atom stereocenters. The van der Waals surface area contributed by atoms with Crippen molar-refractivity contribution in [3.05, 3.63) is 0 Å². The molecule has 1 rings (SSSR count). The Morgan fingerprint density at radius 3 is 2.11 bits per heavy atom. The van der Waals surface area contributed by atoms with Crippen LogP contribution >= 0.6 is 0 Å². The molecule has 0 N–H and O–H groups in total. The first-order valence-corrected chi connectivity index (χ1v) is 2.57. The zero-order valence-electron chi connectivity index (χ0n) is 4.48. The summed E-state index contributed by atoms with van der Waals surface area (Å²) in [6.45, 7) is 0. The summed E-state index contributed by atoms with van der Waals surface area (Å²) in [4.78, 5) is 9.72. The zero-order chi connectivity index (χ0) is 7.07. The average molecular weight is 138 g/mol. The van der Waals surface area contributed by atoms with Crippen LogP contribution in [0.2, 0.25) is 0 Å². The lowest BCUT2D eigenvalue weighted by Crippen LogP contribution is -2.11. The highest BCUT2D eigenvalue weighted by Gasteiger charge is 2.55. The van der Waals surface area contributed by atoms with Gasteiger partial charge in [0, 0.05) is 5.92 Å². The van der Waals surface area contributed by atoms with E-state index in [0.717, 1.165) is 0 Å². The molecule has 1 nitrogen and oxygen atoms in total. The van der Waals surface area contributed by atoms with Gasteiger partial charge in [0.1, 0.15) is 6.29 Å². The Kier molecular flexibility index (Phi) is 1.26. The molecule has 0 aromatic heterocycles. The second kappa shape index (κ2) is 1.72. The van der Waals surface area contributed by atoms with E-state index in [1.165, 1.54) is 0 Å². The van der Waals surface area contributed by atoms with Crippen LogP contribution in [0.3, 0.4) is 0 Å². The Morgan fingerprint density at radius 2 is 2.00 bits per heavy atom. The number of carbonyl (C=O) groups excluding carboxylic acids is 1. The van der Waals surface area contributed by atoms with Crippen molar-refractivity contribution in [1.29, 1.82) is 0 Å². The minimum Gasteiger partial charge on any atom is -0.303 e. The van der Waals surface area contributed by atoms with Crippen LogP contribution in [-0.4, -0.2) is 12.5 Å². The van der Waals surface area contributed by atoms with Crippen molar-refractivity contribution in [3.63, 3.8) is 0 Å². The highest BCUT2D eigenvalue weighted by molar-refractivity contribution is 5.58. The predicted octanol–water partition coefficient (Wildman–Crippen LogP) is 1.38. The van der Waals surface area contributed by atoms with Gasteiger partial charge >= 0.3 is 6.18 Å². The van der Waals surface area contributed by atoms with Crippen molar-refractivity contribution in [1.82, 2.24) is 0 Å².